The summed E-state index contributed by atoms with van der Waals surface area (Å²) in [5.74, 6) is 0. The largest absolute Gasteiger partial charge is 0.387 e. The van der Waals surface area contributed by atoms with Crippen LogP contribution in [0.1, 0.15) is 43.5 Å². The van der Waals surface area contributed by atoms with E-state index >= 15 is 0 Å². The van der Waals surface area contributed by atoms with Crippen LogP contribution in [0.5, 0.6) is 0 Å². The lowest BCUT2D eigenvalue weighted by Gasteiger charge is -2.05. The Morgan fingerprint density at radius 3 is 2.79 bits per heavy atom. The van der Waals surface area contributed by atoms with E-state index in [1.165, 1.54) is 0 Å². The van der Waals surface area contributed by atoms with Gasteiger partial charge in [-0.1, -0.05) is 23.7 Å². The van der Waals surface area contributed by atoms with Crippen LogP contribution in [0.3, 0.4) is 0 Å². The quantitative estimate of drug-likeness (QED) is 0.911. The topological polar surface area (TPSA) is 68.8 Å². The summed E-state index contributed by atoms with van der Waals surface area (Å²) in [6.45, 7) is 7.04. The molecule has 0 aliphatic heterocycles. The standard InChI is InChI=1S/C12H18ClN5O/c1-4-11(19)9-6-17(16-14-9)7-10-12(13)8(3)15-18(10)5-2/h6,11,19H,4-5,7H2,1-3H3. The molecule has 2 aromatic heterocycles. The first-order valence-electron chi connectivity index (χ1n) is 6.36. The van der Waals surface area contributed by atoms with Crippen molar-refractivity contribution in [2.45, 2.75) is 46.4 Å². The highest BCUT2D eigenvalue weighted by molar-refractivity contribution is 6.31. The van der Waals surface area contributed by atoms with Crippen molar-refractivity contribution in [2.75, 3.05) is 0 Å². The van der Waals surface area contributed by atoms with E-state index in [9.17, 15) is 5.11 Å². The molecule has 1 N–H and O–H groups in total. The van der Waals surface area contributed by atoms with Crippen molar-refractivity contribution in [3.8, 4) is 0 Å². The average Bonchev–Trinajstić information content (AvgIpc) is 2.98. The van der Waals surface area contributed by atoms with Gasteiger partial charge in [0.05, 0.1) is 35.3 Å². The van der Waals surface area contributed by atoms with Crippen LogP contribution in [0.2, 0.25) is 5.02 Å². The smallest absolute Gasteiger partial charge is 0.111 e. The Morgan fingerprint density at radius 1 is 1.42 bits per heavy atom. The average molecular weight is 284 g/mol. The second-order valence-corrected chi connectivity index (χ2v) is 4.80. The van der Waals surface area contributed by atoms with Gasteiger partial charge in [0, 0.05) is 6.54 Å². The molecule has 0 fully saturated rings. The minimum absolute atomic E-state index is 0.497. The molecular weight excluding hydrogens is 266 g/mol. The van der Waals surface area contributed by atoms with Crippen molar-refractivity contribution in [3.63, 3.8) is 0 Å². The highest BCUT2D eigenvalue weighted by atomic mass is 35.5. The molecule has 0 spiro atoms. The van der Waals surface area contributed by atoms with Crippen molar-refractivity contribution in [3.05, 3.63) is 28.3 Å². The molecule has 0 aromatic carbocycles. The SMILES string of the molecule is CCC(O)c1cn(Cc2c(Cl)c(C)nn2CC)nn1. The summed E-state index contributed by atoms with van der Waals surface area (Å²) in [4.78, 5) is 0. The summed E-state index contributed by atoms with van der Waals surface area (Å²) in [7, 11) is 0. The Hall–Kier alpha value is -1.40. The number of rotatable bonds is 5. The van der Waals surface area contributed by atoms with Crippen LogP contribution in [0.4, 0.5) is 0 Å². The third-order valence-corrected chi connectivity index (χ3v) is 3.54. The van der Waals surface area contributed by atoms with Crippen LogP contribution in [0, 0.1) is 6.92 Å². The Bertz CT molecular complexity index is 562. The van der Waals surface area contributed by atoms with Crippen molar-refractivity contribution in [1.82, 2.24) is 24.8 Å². The van der Waals surface area contributed by atoms with Crippen LogP contribution in [-0.4, -0.2) is 29.9 Å². The molecular formula is C12H18ClN5O. The third kappa shape index (κ3) is 2.79. The molecule has 1 atom stereocenters. The maximum Gasteiger partial charge on any atom is 0.111 e. The van der Waals surface area contributed by atoms with Gasteiger partial charge in [-0.3, -0.25) is 4.68 Å². The minimum atomic E-state index is -0.568. The molecule has 0 saturated carbocycles. The van der Waals surface area contributed by atoms with Crippen LogP contribution in [-0.2, 0) is 13.1 Å². The Balaban J connectivity index is 2.24. The van der Waals surface area contributed by atoms with Gasteiger partial charge in [0.1, 0.15) is 5.69 Å². The van der Waals surface area contributed by atoms with E-state index in [1.807, 2.05) is 25.5 Å². The van der Waals surface area contributed by atoms with Crippen molar-refractivity contribution in [1.29, 1.82) is 0 Å². The lowest BCUT2D eigenvalue weighted by atomic mass is 10.2. The first-order valence-corrected chi connectivity index (χ1v) is 6.74. The summed E-state index contributed by atoms with van der Waals surface area (Å²) in [5, 5.41) is 22.7. The van der Waals surface area contributed by atoms with Gasteiger partial charge in [-0.05, 0) is 20.3 Å². The number of nitrogens with zero attached hydrogens (tertiary/aromatic N) is 5. The molecule has 0 amide bonds. The van der Waals surface area contributed by atoms with Gasteiger partial charge in [-0.2, -0.15) is 5.10 Å². The lowest BCUT2D eigenvalue weighted by Crippen LogP contribution is -2.09. The van der Waals surface area contributed by atoms with Crippen molar-refractivity contribution in [2.24, 2.45) is 0 Å². The lowest BCUT2D eigenvalue weighted by molar-refractivity contribution is 0.168. The molecule has 0 radical (unpaired) electrons. The summed E-state index contributed by atoms with van der Waals surface area (Å²) >= 11 is 6.24. The molecule has 0 saturated heterocycles. The molecule has 19 heavy (non-hydrogen) atoms. The molecule has 6 nitrogen and oxygen atoms in total. The van der Waals surface area contributed by atoms with Crippen LogP contribution in [0.15, 0.2) is 6.20 Å². The molecule has 2 aromatic rings. The zero-order valence-corrected chi connectivity index (χ0v) is 12.1. The van der Waals surface area contributed by atoms with Gasteiger partial charge in [0.15, 0.2) is 0 Å². The van der Waals surface area contributed by atoms with E-state index in [1.54, 1.807) is 10.9 Å². The normalized spacial score (nSPS) is 12.9. The Labute approximate surface area is 117 Å². The monoisotopic (exact) mass is 283 g/mol. The molecule has 2 rings (SSSR count). The summed E-state index contributed by atoms with van der Waals surface area (Å²) in [5.41, 5.74) is 2.30. The second kappa shape index (κ2) is 5.71. The van der Waals surface area contributed by atoms with Gasteiger partial charge >= 0.3 is 0 Å². The highest BCUT2D eigenvalue weighted by Crippen LogP contribution is 2.21. The molecule has 2 heterocycles. The zero-order valence-electron chi connectivity index (χ0n) is 11.3. The van der Waals surface area contributed by atoms with Gasteiger partial charge < -0.3 is 5.11 Å². The molecule has 7 heteroatoms. The molecule has 0 aliphatic carbocycles. The first kappa shape index (κ1) is 14.0. The van der Waals surface area contributed by atoms with Crippen LogP contribution in [0.25, 0.3) is 0 Å². The fraction of sp³-hybridized carbons (Fsp3) is 0.583. The maximum absolute atomic E-state index is 9.71. The van der Waals surface area contributed by atoms with E-state index in [0.29, 0.717) is 23.7 Å². The zero-order chi connectivity index (χ0) is 14.0. The van der Waals surface area contributed by atoms with E-state index in [2.05, 4.69) is 15.4 Å². The summed E-state index contributed by atoms with van der Waals surface area (Å²) in [6.07, 6.45) is 1.79. The van der Waals surface area contributed by atoms with Crippen molar-refractivity contribution < 1.29 is 5.11 Å². The third-order valence-electron chi connectivity index (χ3n) is 3.05. The minimum Gasteiger partial charge on any atom is -0.387 e. The Morgan fingerprint density at radius 2 is 2.16 bits per heavy atom. The van der Waals surface area contributed by atoms with Gasteiger partial charge in [-0.15, -0.1) is 5.10 Å². The number of aliphatic hydroxyl groups is 1. The molecule has 0 aliphatic rings. The fourth-order valence-corrected chi connectivity index (χ4v) is 2.12. The summed E-state index contributed by atoms with van der Waals surface area (Å²) < 4.78 is 3.53. The number of hydrogen-bond acceptors (Lipinski definition) is 4. The van der Waals surface area contributed by atoms with E-state index in [-0.39, 0.29) is 0 Å². The van der Waals surface area contributed by atoms with Gasteiger partial charge in [0.2, 0.25) is 0 Å². The predicted molar refractivity (Wildman–Crippen MR) is 72.0 cm³/mol. The maximum atomic E-state index is 9.71. The summed E-state index contributed by atoms with van der Waals surface area (Å²) in [6, 6.07) is 0. The van der Waals surface area contributed by atoms with Crippen LogP contribution >= 0.6 is 11.6 Å². The molecule has 104 valence electrons. The second-order valence-electron chi connectivity index (χ2n) is 4.43. The van der Waals surface area contributed by atoms with E-state index in [0.717, 1.165) is 17.9 Å². The number of aliphatic hydroxyl groups excluding tert-OH is 1. The number of aromatic nitrogens is 5. The number of hydrogen-bond donors (Lipinski definition) is 1. The van der Waals surface area contributed by atoms with E-state index in [4.69, 9.17) is 11.6 Å². The van der Waals surface area contributed by atoms with Crippen LogP contribution < -0.4 is 0 Å². The Kier molecular flexibility index (Phi) is 4.21. The van der Waals surface area contributed by atoms with Crippen molar-refractivity contribution >= 4 is 11.6 Å². The highest BCUT2D eigenvalue weighted by Gasteiger charge is 2.15. The van der Waals surface area contributed by atoms with Gasteiger partial charge in [0.25, 0.3) is 0 Å². The molecule has 1 unspecified atom stereocenters. The predicted octanol–water partition coefficient (Wildman–Crippen LogP) is 1.95. The number of aryl methyl sites for hydroxylation is 2. The first-order chi connectivity index (χ1) is 9.06. The van der Waals surface area contributed by atoms with Gasteiger partial charge in [-0.25, -0.2) is 4.68 Å². The fourth-order valence-electron chi connectivity index (χ4n) is 1.93. The molecule has 0 bridgehead atoms. The number of halogens is 1. The van der Waals surface area contributed by atoms with E-state index < -0.39 is 6.10 Å².